The van der Waals surface area contributed by atoms with Crippen LogP contribution in [0.2, 0.25) is 0 Å². The van der Waals surface area contributed by atoms with Gasteiger partial charge in [-0.1, -0.05) is 12.1 Å². The van der Waals surface area contributed by atoms with Crippen molar-refractivity contribution in [2.75, 3.05) is 0 Å². The Kier molecular flexibility index (Phi) is 4.38. The molecule has 25 heavy (non-hydrogen) atoms. The van der Waals surface area contributed by atoms with Gasteiger partial charge in [-0.3, -0.25) is 20.0 Å². The maximum atomic E-state index is 12.1. The average Bonchev–Trinajstić information content (AvgIpc) is 3.31. The van der Waals surface area contributed by atoms with E-state index in [4.69, 9.17) is 4.42 Å². The molecule has 0 radical (unpaired) electrons. The summed E-state index contributed by atoms with van der Waals surface area (Å²) in [4.78, 5) is 22.5. The molecular weight excluding hydrogens is 326 g/mol. The van der Waals surface area contributed by atoms with E-state index >= 15 is 0 Å². The van der Waals surface area contributed by atoms with Crippen LogP contribution < -0.4 is 5.43 Å². The van der Waals surface area contributed by atoms with Crippen molar-refractivity contribution in [3.05, 3.63) is 70.3 Å². The minimum Gasteiger partial charge on any atom is -0.463 e. The number of hydrogen-bond acceptors (Lipinski definition) is 6. The largest absolute Gasteiger partial charge is 0.463 e. The topological polar surface area (TPSA) is 126 Å². The third-order valence-electron chi connectivity index (χ3n) is 3.38. The van der Waals surface area contributed by atoms with Crippen molar-refractivity contribution in [3.8, 4) is 11.3 Å². The number of aromatic amines is 1. The monoisotopic (exact) mass is 339 g/mol. The first-order valence-electron chi connectivity index (χ1n) is 7.23. The Hall–Kier alpha value is -3.75. The molecule has 3 aromatic rings. The lowest BCUT2D eigenvalue weighted by atomic mass is 10.1. The zero-order chi connectivity index (χ0) is 17.8. The first kappa shape index (κ1) is 16.1. The molecular formula is C16H13N5O4. The molecule has 1 amide bonds. The Morgan fingerprint density at radius 2 is 2.16 bits per heavy atom. The molecule has 0 aliphatic carbocycles. The maximum Gasteiger partial charge on any atom is 0.289 e. The number of hydrogen-bond donors (Lipinski definition) is 2. The molecule has 1 aromatic carbocycles. The van der Waals surface area contributed by atoms with Crippen LogP contribution in [0.3, 0.4) is 0 Å². The smallest absolute Gasteiger partial charge is 0.289 e. The van der Waals surface area contributed by atoms with E-state index in [0.717, 1.165) is 0 Å². The van der Waals surface area contributed by atoms with Crippen LogP contribution in [0.4, 0.5) is 5.69 Å². The maximum absolute atomic E-state index is 12.1. The van der Waals surface area contributed by atoms with Gasteiger partial charge in [0.2, 0.25) is 0 Å². The van der Waals surface area contributed by atoms with Crippen LogP contribution in [-0.2, 0) is 0 Å². The molecule has 0 aliphatic heterocycles. The molecule has 2 aromatic heterocycles. The summed E-state index contributed by atoms with van der Waals surface area (Å²) in [5, 5.41) is 21.4. The van der Waals surface area contributed by atoms with E-state index in [2.05, 4.69) is 20.7 Å². The number of benzene rings is 1. The molecule has 9 heteroatoms. The molecule has 0 aliphatic rings. The van der Waals surface area contributed by atoms with Crippen molar-refractivity contribution >= 4 is 17.3 Å². The van der Waals surface area contributed by atoms with Crippen molar-refractivity contribution in [3.63, 3.8) is 0 Å². The quantitative estimate of drug-likeness (QED) is 0.420. The number of hydrazone groups is 1. The molecule has 2 N–H and O–H groups in total. The van der Waals surface area contributed by atoms with E-state index in [1.54, 1.807) is 31.2 Å². The minimum absolute atomic E-state index is 0.0508. The van der Waals surface area contributed by atoms with Crippen molar-refractivity contribution < 1.29 is 14.1 Å². The van der Waals surface area contributed by atoms with Gasteiger partial charge in [0.05, 0.1) is 16.9 Å². The molecule has 0 unspecified atom stereocenters. The fraction of sp³-hybridized carbons (Fsp3) is 0.0625. The molecule has 0 saturated carbocycles. The summed E-state index contributed by atoms with van der Waals surface area (Å²) < 4.78 is 5.17. The summed E-state index contributed by atoms with van der Waals surface area (Å²) in [6.45, 7) is 1.70. The molecule has 2 heterocycles. The normalized spacial score (nSPS) is 11.3. The highest BCUT2D eigenvalue weighted by Gasteiger charge is 2.13. The number of H-pyrrole nitrogens is 1. The molecule has 9 nitrogen and oxygen atoms in total. The van der Waals surface area contributed by atoms with Crippen LogP contribution in [-0.4, -0.2) is 26.7 Å². The minimum atomic E-state index is -0.491. The lowest BCUT2D eigenvalue weighted by Gasteiger charge is -1.98. The van der Waals surface area contributed by atoms with E-state index in [1.807, 2.05) is 0 Å². The van der Waals surface area contributed by atoms with Gasteiger partial charge in [-0.2, -0.15) is 10.2 Å². The third-order valence-corrected chi connectivity index (χ3v) is 3.38. The van der Waals surface area contributed by atoms with Crippen LogP contribution in [0.25, 0.3) is 11.3 Å². The Bertz CT molecular complexity index is 943. The molecule has 0 atom stereocenters. The zero-order valence-electron chi connectivity index (χ0n) is 13.1. The van der Waals surface area contributed by atoms with E-state index in [0.29, 0.717) is 22.7 Å². The second-order valence-corrected chi connectivity index (χ2v) is 5.09. The Balaban J connectivity index is 1.75. The number of furan rings is 1. The number of carbonyl (C=O) groups is 1. The SMILES string of the molecule is C/C(=N\NC(=O)c1cc(-c2cccc([N+](=O)[O-])c2)n[nH]1)c1ccco1. The van der Waals surface area contributed by atoms with Gasteiger partial charge in [0.15, 0.2) is 0 Å². The highest BCUT2D eigenvalue weighted by molar-refractivity contribution is 5.98. The number of non-ortho nitro benzene ring substituents is 1. The molecule has 0 spiro atoms. The van der Waals surface area contributed by atoms with Gasteiger partial charge in [-0.15, -0.1) is 0 Å². The predicted octanol–water partition coefficient (Wildman–Crippen LogP) is 2.73. The van der Waals surface area contributed by atoms with Crippen LogP contribution in [0.15, 0.2) is 58.2 Å². The summed E-state index contributed by atoms with van der Waals surface area (Å²) in [6, 6.07) is 10.9. The third kappa shape index (κ3) is 3.61. The highest BCUT2D eigenvalue weighted by Crippen LogP contribution is 2.22. The van der Waals surface area contributed by atoms with Crippen LogP contribution in [0, 0.1) is 10.1 Å². The molecule has 126 valence electrons. The van der Waals surface area contributed by atoms with Gasteiger partial charge in [-0.05, 0) is 25.1 Å². The highest BCUT2D eigenvalue weighted by atomic mass is 16.6. The van der Waals surface area contributed by atoms with E-state index in [9.17, 15) is 14.9 Å². The number of nitro benzene ring substituents is 1. The number of aromatic nitrogens is 2. The molecule has 0 saturated heterocycles. The first-order valence-corrected chi connectivity index (χ1v) is 7.23. The van der Waals surface area contributed by atoms with E-state index in [-0.39, 0.29) is 11.4 Å². The summed E-state index contributed by atoms with van der Waals surface area (Å²) in [5.41, 5.74) is 3.97. The van der Waals surface area contributed by atoms with Gasteiger partial charge in [0.1, 0.15) is 17.2 Å². The lowest BCUT2D eigenvalue weighted by Crippen LogP contribution is -2.19. The molecule has 0 fully saturated rings. The van der Waals surface area contributed by atoms with Gasteiger partial charge in [0.25, 0.3) is 11.6 Å². The standard InChI is InChI=1S/C16H13N5O4/c1-10(15-6-3-7-25-15)17-20-16(22)14-9-13(18-19-14)11-4-2-5-12(8-11)21(23)24/h2-9H,1H3,(H,18,19)(H,20,22)/b17-10+. The van der Waals surface area contributed by atoms with Crippen LogP contribution in [0.1, 0.15) is 23.2 Å². The van der Waals surface area contributed by atoms with Crippen LogP contribution >= 0.6 is 0 Å². The fourth-order valence-electron chi connectivity index (χ4n) is 2.10. The van der Waals surface area contributed by atoms with Crippen molar-refractivity contribution in [2.45, 2.75) is 6.92 Å². The Morgan fingerprint density at radius 3 is 2.88 bits per heavy atom. The molecule has 0 bridgehead atoms. The van der Waals surface area contributed by atoms with Crippen molar-refractivity contribution in [2.24, 2.45) is 5.10 Å². The van der Waals surface area contributed by atoms with Gasteiger partial charge >= 0.3 is 0 Å². The summed E-state index contributed by atoms with van der Waals surface area (Å²) in [6.07, 6.45) is 1.51. The number of nitrogens with one attached hydrogen (secondary N) is 2. The number of amides is 1. The second-order valence-electron chi connectivity index (χ2n) is 5.09. The average molecular weight is 339 g/mol. The molecule has 3 rings (SSSR count). The van der Waals surface area contributed by atoms with E-state index in [1.165, 1.54) is 24.5 Å². The lowest BCUT2D eigenvalue weighted by molar-refractivity contribution is -0.384. The second kappa shape index (κ2) is 6.79. The summed E-state index contributed by atoms with van der Waals surface area (Å²) >= 11 is 0. The number of nitro groups is 1. The first-order chi connectivity index (χ1) is 12.0. The van der Waals surface area contributed by atoms with E-state index < -0.39 is 10.8 Å². The summed E-state index contributed by atoms with van der Waals surface area (Å²) in [7, 11) is 0. The van der Waals surface area contributed by atoms with Crippen molar-refractivity contribution in [1.82, 2.24) is 15.6 Å². The fourth-order valence-corrected chi connectivity index (χ4v) is 2.10. The van der Waals surface area contributed by atoms with Crippen molar-refractivity contribution in [1.29, 1.82) is 0 Å². The Morgan fingerprint density at radius 1 is 1.32 bits per heavy atom. The predicted molar refractivity (Wildman–Crippen MR) is 89.1 cm³/mol. The number of nitrogens with zero attached hydrogens (tertiary/aromatic N) is 3. The van der Waals surface area contributed by atoms with Gasteiger partial charge < -0.3 is 4.42 Å². The number of carbonyl (C=O) groups excluding carboxylic acids is 1. The number of rotatable bonds is 5. The zero-order valence-corrected chi connectivity index (χ0v) is 13.1. The van der Waals surface area contributed by atoms with Crippen LogP contribution in [0.5, 0.6) is 0 Å². The summed E-state index contributed by atoms with van der Waals surface area (Å²) in [5.74, 6) is 0.0530. The Labute approximate surface area is 141 Å². The van der Waals surface area contributed by atoms with Gasteiger partial charge in [-0.25, -0.2) is 5.43 Å². The van der Waals surface area contributed by atoms with Gasteiger partial charge in [0, 0.05) is 17.7 Å².